The Hall–Kier alpha value is -3.75. The molecule has 0 spiro atoms. The molecule has 9 nitrogen and oxygen atoms in total. The summed E-state index contributed by atoms with van der Waals surface area (Å²) in [5, 5.41) is 22.2. The van der Waals surface area contributed by atoms with Crippen molar-refractivity contribution in [3.05, 3.63) is 53.6 Å². The van der Waals surface area contributed by atoms with Gasteiger partial charge >= 0.3 is 5.97 Å². The molecule has 1 aliphatic rings. The SMILES string of the molecule is Cc1nc(CC2CCN(c3ccc4ccccc4n3)CC2)nc(C(=O)NCC(=O)O)c1O. The summed E-state index contributed by atoms with van der Waals surface area (Å²) in [7, 11) is 0. The molecular weight excluding hydrogens is 410 g/mol. The van der Waals surface area contributed by atoms with E-state index in [4.69, 9.17) is 10.1 Å². The molecule has 1 amide bonds. The van der Waals surface area contributed by atoms with Crippen molar-refractivity contribution in [3.8, 4) is 5.75 Å². The number of carbonyl (C=O) groups excluding carboxylic acids is 1. The number of hydrogen-bond acceptors (Lipinski definition) is 7. The number of aromatic hydroxyl groups is 1. The Morgan fingerprint density at radius 2 is 1.84 bits per heavy atom. The second kappa shape index (κ2) is 9.17. The van der Waals surface area contributed by atoms with Crippen LogP contribution >= 0.6 is 0 Å². The van der Waals surface area contributed by atoms with Crippen LogP contribution < -0.4 is 10.2 Å². The lowest BCUT2D eigenvalue weighted by Crippen LogP contribution is -2.35. The first-order valence-electron chi connectivity index (χ1n) is 10.6. The normalized spacial score (nSPS) is 14.5. The van der Waals surface area contributed by atoms with Gasteiger partial charge in [0, 0.05) is 24.9 Å². The molecule has 1 aromatic carbocycles. The smallest absolute Gasteiger partial charge is 0.322 e. The largest absolute Gasteiger partial charge is 0.504 e. The van der Waals surface area contributed by atoms with E-state index in [1.807, 2.05) is 24.3 Å². The summed E-state index contributed by atoms with van der Waals surface area (Å²) in [5.41, 5.74) is 1.09. The van der Waals surface area contributed by atoms with Crippen molar-refractivity contribution in [2.75, 3.05) is 24.5 Å². The van der Waals surface area contributed by atoms with Crippen LogP contribution in [0.3, 0.4) is 0 Å². The molecule has 3 N–H and O–H groups in total. The van der Waals surface area contributed by atoms with Crippen molar-refractivity contribution in [2.45, 2.75) is 26.2 Å². The minimum absolute atomic E-state index is 0.188. The Balaban J connectivity index is 1.41. The van der Waals surface area contributed by atoms with Crippen molar-refractivity contribution in [2.24, 2.45) is 5.92 Å². The maximum absolute atomic E-state index is 12.2. The number of aryl methyl sites for hydroxylation is 1. The fourth-order valence-corrected chi connectivity index (χ4v) is 3.97. The monoisotopic (exact) mass is 435 g/mol. The van der Waals surface area contributed by atoms with Gasteiger partial charge in [0.2, 0.25) is 0 Å². The van der Waals surface area contributed by atoms with Gasteiger partial charge in [-0.1, -0.05) is 18.2 Å². The highest BCUT2D eigenvalue weighted by molar-refractivity contribution is 5.96. The van der Waals surface area contributed by atoms with E-state index in [2.05, 4.69) is 32.3 Å². The Morgan fingerprint density at radius 3 is 2.59 bits per heavy atom. The topological polar surface area (TPSA) is 129 Å². The number of aromatic nitrogens is 3. The van der Waals surface area contributed by atoms with Crippen LogP contribution in [0.1, 0.15) is 34.8 Å². The molecule has 0 unspecified atom stereocenters. The van der Waals surface area contributed by atoms with E-state index in [0.717, 1.165) is 42.7 Å². The fourth-order valence-electron chi connectivity index (χ4n) is 3.97. The number of pyridine rings is 1. The Kier molecular flexibility index (Phi) is 6.16. The van der Waals surface area contributed by atoms with E-state index in [1.54, 1.807) is 6.92 Å². The predicted octanol–water partition coefficient (Wildman–Crippen LogP) is 2.31. The molecule has 166 valence electrons. The molecule has 0 aliphatic carbocycles. The van der Waals surface area contributed by atoms with E-state index in [1.165, 1.54) is 0 Å². The molecular formula is C23H25N5O4. The van der Waals surface area contributed by atoms with Gasteiger partial charge in [-0.2, -0.15) is 0 Å². The highest BCUT2D eigenvalue weighted by Crippen LogP contribution is 2.27. The van der Waals surface area contributed by atoms with E-state index >= 15 is 0 Å². The Morgan fingerprint density at radius 1 is 1.09 bits per heavy atom. The minimum atomic E-state index is -1.17. The zero-order chi connectivity index (χ0) is 22.7. The molecule has 0 bridgehead atoms. The molecule has 32 heavy (non-hydrogen) atoms. The van der Waals surface area contributed by atoms with Gasteiger partial charge in [-0.3, -0.25) is 9.59 Å². The first-order valence-corrected chi connectivity index (χ1v) is 10.6. The van der Waals surface area contributed by atoms with Gasteiger partial charge in [0.15, 0.2) is 11.4 Å². The van der Waals surface area contributed by atoms with E-state index in [9.17, 15) is 14.7 Å². The van der Waals surface area contributed by atoms with E-state index in [-0.39, 0.29) is 11.4 Å². The summed E-state index contributed by atoms with van der Waals surface area (Å²) in [5.74, 6) is -0.441. The number of fused-ring (bicyclic) bond motifs is 1. The van der Waals surface area contributed by atoms with Gasteiger partial charge in [-0.15, -0.1) is 0 Å². The number of carbonyl (C=O) groups is 2. The van der Waals surface area contributed by atoms with Crippen LogP contribution in [-0.2, 0) is 11.2 Å². The second-order valence-electron chi connectivity index (χ2n) is 8.00. The van der Waals surface area contributed by atoms with Crippen molar-refractivity contribution in [1.29, 1.82) is 0 Å². The summed E-state index contributed by atoms with van der Waals surface area (Å²) >= 11 is 0. The van der Waals surface area contributed by atoms with Gasteiger partial charge < -0.3 is 20.4 Å². The molecule has 2 aromatic heterocycles. The molecule has 0 atom stereocenters. The lowest BCUT2D eigenvalue weighted by atomic mass is 9.93. The van der Waals surface area contributed by atoms with Crippen molar-refractivity contribution in [3.63, 3.8) is 0 Å². The number of para-hydroxylation sites is 1. The van der Waals surface area contributed by atoms with Crippen LogP contribution in [-0.4, -0.2) is 56.7 Å². The summed E-state index contributed by atoms with van der Waals surface area (Å²) < 4.78 is 0. The zero-order valence-corrected chi connectivity index (χ0v) is 17.8. The quantitative estimate of drug-likeness (QED) is 0.538. The third-order valence-corrected chi connectivity index (χ3v) is 5.71. The second-order valence-corrected chi connectivity index (χ2v) is 8.00. The van der Waals surface area contributed by atoms with Crippen LogP contribution in [0.5, 0.6) is 5.75 Å². The average molecular weight is 435 g/mol. The van der Waals surface area contributed by atoms with Gasteiger partial charge in [-0.05, 0) is 43.9 Å². The number of nitrogens with one attached hydrogen (secondary N) is 1. The number of amides is 1. The van der Waals surface area contributed by atoms with Crippen molar-refractivity contribution >= 4 is 28.6 Å². The third-order valence-electron chi connectivity index (χ3n) is 5.71. The highest BCUT2D eigenvalue weighted by atomic mass is 16.4. The standard InChI is InChI=1S/C23H25N5O4/c1-14-22(31)21(23(32)24-13-20(29)30)27-18(25-14)12-15-8-10-28(11-9-15)19-7-6-16-4-2-3-5-17(16)26-19/h2-7,15,31H,8-13H2,1H3,(H,24,32)(H,29,30). The number of anilines is 1. The molecule has 9 heteroatoms. The van der Waals surface area contributed by atoms with Gasteiger partial charge in [0.25, 0.3) is 5.91 Å². The van der Waals surface area contributed by atoms with E-state index in [0.29, 0.717) is 23.9 Å². The molecule has 0 saturated carbocycles. The van der Waals surface area contributed by atoms with Crippen LogP contribution in [0, 0.1) is 12.8 Å². The summed E-state index contributed by atoms with van der Waals surface area (Å²) in [4.78, 5) is 38.5. The fraction of sp³-hybridized carbons (Fsp3) is 0.348. The molecule has 1 fully saturated rings. The first-order chi connectivity index (χ1) is 15.4. The number of nitrogens with zero attached hydrogens (tertiary/aromatic N) is 4. The molecule has 3 aromatic rings. The molecule has 1 aliphatic heterocycles. The van der Waals surface area contributed by atoms with Gasteiger partial charge in [0.05, 0.1) is 11.2 Å². The Labute approximate surface area is 185 Å². The summed E-state index contributed by atoms with van der Waals surface area (Å²) in [6.07, 6.45) is 2.44. The summed E-state index contributed by atoms with van der Waals surface area (Å²) in [6.45, 7) is 2.78. The van der Waals surface area contributed by atoms with E-state index < -0.39 is 18.4 Å². The number of hydrogen-bond donors (Lipinski definition) is 3. The number of aliphatic carboxylic acids is 1. The maximum Gasteiger partial charge on any atom is 0.322 e. The molecule has 0 radical (unpaired) electrons. The Bertz CT molecular complexity index is 1160. The van der Waals surface area contributed by atoms with Crippen LogP contribution in [0.4, 0.5) is 5.82 Å². The predicted molar refractivity (Wildman–Crippen MR) is 119 cm³/mol. The summed E-state index contributed by atoms with van der Waals surface area (Å²) in [6, 6.07) is 12.2. The molecule has 1 saturated heterocycles. The van der Waals surface area contributed by atoms with Crippen molar-refractivity contribution < 1.29 is 19.8 Å². The third kappa shape index (κ3) is 4.77. The maximum atomic E-state index is 12.2. The number of piperidine rings is 1. The van der Waals surface area contributed by atoms with Crippen LogP contribution in [0.2, 0.25) is 0 Å². The molecule has 3 heterocycles. The minimum Gasteiger partial charge on any atom is -0.504 e. The zero-order valence-electron chi connectivity index (χ0n) is 17.8. The number of benzene rings is 1. The first kappa shape index (κ1) is 21.5. The van der Waals surface area contributed by atoms with Gasteiger partial charge in [-0.25, -0.2) is 15.0 Å². The lowest BCUT2D eigenvalue weighted by molar-refractivity contribution is -0.135. The molecule has 4 rings (SSSR count). The number of rotatable bonds is 6. The number of carboxylic acids is 1. The highest BCUT2D eigenvalue weighted by Gasteiger charge is 2.24. The van der Waals surface area contributed by atoms with Crippen LogP contribution in [0.25, 0.3) is 10.9 Å². The average Bonchev–Trinajstić information content (AvgIpc) is 2.80. The van der Waals surface area contributed by atoms with Crippen LogP contribution in [0.15, 0.2) is 36.4 Å². The van der Waals surface area contributed by atoms with Crippen molar-refractivity contribution in [1.82, 2.24) is 20.3 Å². The number of carboxylic acid groups (broad SMARTS) is 1. The van der Waals surface area contributed by atoms with Gasteiger partial charge in [0.1, 0.15) is 18.2 Å². The lowest BCUT2D eigenvalue weighted by Gasteiger charge is -2.32.